The highest BCUT2D eigenvalue weighted by Gasteiger charge is 2.13. The van der Waals surface area contributed by atoms with Crippen LogP contribution in [0.25, 0.3) is 0 Å². The van der Waals surface area contributed by atoms with Gasteiger partial charge < -0.3 is 10.4 Å². The second-order valence-electron chi connectivity index (χ2n) is 3.28. The Kier molecular flexibility index (Phi) is 4.65. The summed E-state index contributed by atoms with van der Waals surface area (Å²) < 4.78 is 0. The molecule has 0 aromatic rings. The van der Waals surface area contributed by atoms with Crippen LogP contribution in [0.4, 0.5) is 0 Å². The lowest BCUT2D eigenvalue weighted by atomic mass is 9.99. The van der Waals surface area contributed by atoms with Crippen LogP contribution in [0.2, 0.25) is 0 Å². The highest BCUT2D eigenvalue weighted by atomic mass is 16.3. The summed E-state index contributed by atoms with van der Waals surface area (Å²) in [5.74, 6) is 0. The lowest BCUT2D eigenvalue weighted by Gasteiger charge is -2.25. The quantitative estimate of drug-likeness (QED) is 0.608. The maximum atomic E-state index is 8.54. The molecular weight excluding hydrogens is 126 g/mol. The smallest absolute Gasteiger partial charge is 0.0556 e. The van der Waals surface area contributed by atoms with E-state index in [0.29, 0.717) is 6.54 Å². The molecule has 0 atom stereocenters. The Morgan fingerprint density at radius 3 is 2.40 bits per heavy atom. The van der Waals surface area contributed by atoms with Crippen LogP contribution in [0.15, 0.2) is 0 Å². The fourth-order valence-corrected chi connectivity index (χ4v) is 1.11. The predicted molar refractivity (Wildman–Crippen MR) is 44.1 cm³/mol. The third-order valence-electron chi connectivity index (χ3n) is 1.59. The van der Waals surface area contributed by atoms with Gasteiger partial charge in [-0.25, -0.2) is 0 Å². The number of nitrogens with one attached hydrogen (secondary N) is 1. The molecule has 0 fully saturated rings. The summed E-state index contributed by atoms with van der Waals surface area (Å²) in [5, 5.41) is 11.8. The maximum absolute atomic E-state index is 8.54. The van der Waals surface area contributed by atoms with Crippen molar-refractivity contribution in [3.8, 4) is 0 Å². The van der Waals surface area contributed by atoms with E-state index >= 15 is 0 Å². The lowest BCUT2D eigenvalue weighted by Crippen LogP contribution is -2.40. The summed E-state index contributed by atoms with van der Waals surface area (Å²) in [5.41, 5.74) is 0.192. The van der Waals surface area contributed by atoms with Crippen LogP contribution in [-0.2, 0) is 0 Å². The van der Waals surface area contributed by atoms with Gasteiger partial charge in [0.25, 0.3) is 0 Å². The largest absolute Gasteiger partial charge is 0.395 e. The molecule has 0 radical (unpaired) electrons. The minimum absolute atomic E-state index is 0.192. The van der Waals surface area contributed by atoms with Crippen molar-refractivity contribution in [2.24, 2.45) is 0 Å². The van der Waals surface area contributed by atoms with E-state index in [4.69, 9.17) is 5.11 Å². The summed E-state index contributed by atoms with van der Waals surface area (Å²) in [4.78, 5) is 0. The third kappa shape index (κ3) is 4.77. The highest BCUT2D eigenvalue weighted by molar-refractivity contribution is 4.75. The summed E-state index contributed by atoms with van der Waals surface area (Å²) >= 11 is 0. The molecule has 0 bridgehead atoms. The van der Waals surface area contributed by atoms with Gasteiger partial charge in [0.15, 0.2) is 0 Å². The summed E-state index contributed by atoms with van der Waals surface area (Å²) in [6.07, 6.45) is 2.35. The van der Waals surface area contributed by atoms with Gasteiger partial charge in [0.1, 0.15) is 0 Å². The zero-order valence-electron chi connectivity index (χ0n) is 7.28. The first-order chi connectivity index (χ1) is 4.62. The normalized spacial score (nSPS) is 12.0. The first kappa shape index (κ1) is 9.92. The number of hydrogen-bond acceptors (Lipinski definition) is 2. The van der Waals surface area contributed by atoms with Crippen LogP contribution in [0, 0.1) is 0 Å². The molecular formula is C8H19NO. The van der Waals surface area contributed by atoms with Crippen molar-refractivity contribution in [1.82, 2.24) is 5.32 Å². The second-order valence-corrected chi connectivity index (χ2v) is 3.28. The van der Waals surface area contributed by atoms with Crippen molar-refractivity contribution in [2.45, 2.75) is 39.2 Å². The lowest BCUT2D eigenvalue weighted by molar-refractivity contribution is 0.260. The number of β-amino-alcohol motifs (C(OH)–C–C–N with tert-alkyl or cyclic N) is 1. The molecule has 0 rings (SSSR count). The highest BCUT2D eigenvalue weighted by Crippen LogP contribution is 2.09. The van der Waals surface area contributed by atoms with E-state index in [-0.39, 0.29) is 12.1 Å². The van der Waals surface area contributed by atoms with Gasteiger partial charge in [-0.2, -0.15) is 0 Å². The van der Waals surface area contributed by atoms with E-state index in [9.17, 15) is 0 Å². The molecule has 0 unspecified atom stereocenters. The number of hydrogen-bond donors (Lipinski definition) is 2. The van der Waals surface area contributed by atoms with Crippen molar-refractivity contribution in [1.29, 1.82) is 0 Å². The van der Waals surface area contributed by atoms with Crippen LogP contribution in [0.5, 0.6) is 0 Å². The van der Waals surface area contributed by atoms with Gasteiger partial charge in [-0.1, -0.05) is 13.3 Å². The molecule has 0 aromatic heterocycles. The molecule has 2 heteroatoms. The third-order valence-corrected chi connectivity index (χ3v) is 1.59. The van der Waals surface area contributed by atoms with Crippen molar-refractivity contribution in [3.05, 3.63) is 0 Å². The van der Waals surface area contributed by atoms with Gasteiger partial charge in [0.05, 0.1) is 6.61 Å². The minimum atomic E-state index is 0.192. The van der Waals surface area contributed by atoms with Gasteiger partial charge in [0, 0.05) is 12.1 Å². The number of aliphatic hydroxyl groups is 1. The molecule has 62 valence electrons. The Morgan fingerprint density at radius 2 is 2.00 bits per heavy atom. The standard InChI is InChI=1S/C8H19NO/c1-4-5-8(2,3)9-6-7-10/h9-10H,4-7H2,1-3H3. The fourth-order valence-electron chi connectivity index (χ4n) is 1.11. The van der Waals surface area contributed by atoms with Crippen molar-refractivity contribution in [3.63, 3.8) is 0 Å². The van der Waals surface area contributed by atoms with E-state index in [1.807, 2.05) is 0 Å². The summed E-state index contributed by atoms with van der Waals surface area (Å²) in [7, 11) is 0. The van der Waals surface area contributed by atoms with Crippen LogP contribution >= 0.6 is 0 Å². The summed E-state index contributed by atoms with van der Waals surface area (Å²) in [6, 6.07) is 0. The average molecular weight is 145 g/mol. The van der Waals surface area contributed by atoms with Crippen LogP contribution < -0.4 is 5.32 Å². The topological polar surface area (TPSA) is 32.3 Å². The monoisotopic (exact) mass is 145 g/mol. The number of rotatable bonds is 5. The van der Waals surface area contributed by atoms with E-state index in [2.05, 4.69) is 26.1 Å². The molecule has 0 heterocycles. The molecule has 2 N–H and O–H groups in total. The van der Waals surface area contributed by atoms with Crippen molar-refractivity contribution < 1.29 is 5.11 Å². The molecule has 0 aliphatic rings. The fraction of sp³-hybridized carbons (Fsp3) is 1.00. The van der Waals surface area contributed by atoms with Crippen molar-refractivity contribution >= 4 is 0 Å². The van der Waals surface area contributed by atoms with E-state index in [1.165, 1.54) is 6.42 Å². The van der Waals surface area contributed by atoms with Gasteiger partial charge in [-0.3, -0.25) is 0 Å². The molecule has 0 amide bonds. The molecule has 0 spiro atoms. The number of aliphatic hydroxyl groups excluding tert-OH is 1. The van der Waals surface area contributed by atoms with Crippen LogP contribution in [0.1, 0.15) is 33.6 Å². The van der Waals surface area contributed by atoms with Crippen molar-refractivity contribution in [2.75, 3.05) is 13.2 Å². The Hall–Kier alpha value is -0.0800. The Balaban J connectivity index is 3.42. The van der Waals surface area contributed by atoms with E-state index in [1.54, 1.807) is 0 Å². The van der Waals surface area contributed by atoms with Gasteiger partial charge >= 0.3 is 0 Å². The van der Waals surface area contributed by atoms with Gasteiger partial charge in [-0.15, -0.1) is 0 Å². The molecule has 0 aliphatic heterocycles. The van der Waals surface area contributed by atoms with E-state index < -0.39 is 0 Å². The molecule has 2 nitrogen and oxygen atoms in total. The van der Waals surface area contributed by atoms with Crippen LogP contribution in [0.3, 0.4) is 0 Å². The maximum Gasteiger partial charge on any atom is 0.0556 e. The van der Waals surface area contributed by atoms with E-state index in [0.717, 1.165) is 6.42 Å². The molecule has 0 saturated heterocycles. The van der Waals surface area contributed by atoms with Gasteiger partial charge in [-0.05, 0) is 20.3 Å². The zero-order valence-corrected chi connectivity index (χ0v) is 7.28. The van der Waals surface area contributed by atoms with Crippen LogP contribution in [-0.4, -0.2) is 23.8 Å². The SMILES string of the molecule is CCCC(C)(C)NCCO. The zero-order chi connectivity index (χ0) is 8.04. The first-order valence-corrected chi connectivity index (χ1v) is 3.98. The predicted octanol–water partition coefficient (Wildman–Crippen LogP) is 1.15. The second kappa shape index (κ2) is 4.69. The Labute approximate surface area is 63.6 Å². The Bertz CT molecular complexity index is 81.3. The minimum Gasteiger partial charge on any atom is -0.395 e. The average Bonchev–Trinajstić information content (AvgIpc) is 1.84. The molecule has 10 heavy (non-hydrogen) atoms. The Morgan fingerprint density at radius 1 is 1.40 bits per heavy atom. The van der Waals surface area contributed by atoms with Gasteiger partial charge in [0.2, 0.25) is 0 Å². The molecule has 0 aromatic carbocycles. The first-order valence-electron chi connectivity index (χ1n) is 3.98. The molecule has 0 aliphatic carbocycles. The molecule has 0 saturated carbocycles. The summed E-state index contributed by atoms with van der Waals surface area (Å²) in [6.45, 7) is 7.42.